The number of hydrogen-bond donors (Lipinski definition) is 2. The Labute approximate surface area is 160 Å². The molecule has 1 heterocycles. The Morgan fingerprint density at radius 2 is 1.56 bits per heavy atom. The van der Waals surface area contributed by atoms with Crippen LogP contribution in [0.25, 0.3) is 0 Å². The highest BCUT2D eigenvalue weighted by atomic mass is 32.2. The van der Waals surface area contributed by atoms with E-state index in [1.165, 1.54) is 0 Å². The maximum absolute atomic E-state index is 12.4. The van der Waals surface area contributed by atoms with Crippen LogP contribution in [-0.2, 0) is 14.8 Å². The molecular formula is C20H25N3O3S. The Kier molecular flexibility index (Phi) is 6.26. The lowest BCUT2D eigenvalue weighted by atomic mass is 10.0. The quantitative estimate of drug-likeness (QED) is 0.798. The summed E-state index contributed by atoms with van der Waals surface area (Å²) in [5.41, 5.74) is 0.778. The van der Waals surface area contributed by atoms with Crippen LogP contribution < -0.4 is 10.0 Å². The molecule has 6 nitrogen and oxygen atoms in total. The van der Waals surface area contributed by atoms with Crippen LogP contribution in [0.1, 0.15) is 19.8 Å². The number of para-hydroxylation sites is 1. The standard InChI is InChI=1S/C20H25N3O3S/c1-16(20(24)21-17-8-4-2-5-9-17)23-14-12-18(13-15-23)22-27(25,26)19-10-6-3-7-11-19/h2-11,16,18,22H,12-15H2,1H3,(H,21,24)/t16-/m0/s1. The molecule has 1 aliphatic rings. The summed E-state index contributed by atoms with van der Waals surface area (Å²) in [6.45, 7) is 3.23. The van der Waals surface area contributed by atoms with Crippen molar-refractivity contribution in [1.29, 1.82) is 0 Å². The summed E-state index contributed by atoms with van der Waals surface area (Å²) in [5.74, 6) is -0.0514. The summed E-state index contributed by atoms with van der Waals surface area (Å²) in [4.78, 5) is 14.8. The van der Waals surface area contributed by atoms with Crippen molar-refractivity contribution >= 4 is 21.6 Å². The van der Waals surface area contributed by atoms with Gasteiger partial charge in [0.2, 0.25) is 15.9 Å². The Hall–Kier alpha value is -2.22. The first-order chi connectivity index (χ1) is 13.0. The topological polar surface area (TPSA) is 78.5 Å². The number of anilines is 1. The lowest BCUT2D eigenvalue weighted by Gasteiger charge is -2.35. The Morgan fingerprint density at radius 1 is 1.00 bits per heavy atom. The molecule has 1 fully saturated rings. The van der Waals surface area contributed by atoms with Gasteiger partial charge < -0.3 is 5.32 Å². The zero-order valence-electron chi connectivity index (χ0n) is 15.3. The van der Waals surface area contributed by atoms with Crippen molar-refractivity contribution in [3.63, 3.8) is 0 Å². The Morgan fingerprint density at radius 3 is 2.15 bits per heavy atom. The van der Waals surface area contributed by atoms with Gasteiger partial charge in [-0.3, -0.25) is 9.69 Å². The van der Waals surface area contributed by atoms with Crippen LogP contribution in [0.5, 0.6) is 0 Å². The number of piperidine rings is 1. The number of sulfonamides is 1. The number of benzene rings is 2. The van der Waals surface area contributed by atoms with Crippen molar-refractivity contribution in [2.24, 2.45) is 0 Å². The molecule has 1 amide bonds. The average Bonchev–Trinajstić information content (AvgIpc) is 2.69. The van der Waals surface area contributed by atoms with Crippen molar-refractivity contribution in [2.75, 3.05) is 18.4 Å². The number of likely N-dealkylation sites (tertiary alicyclic amines) is 1. The summed E-state index contributed by atoms with van der Waals surface area (Å²) in [6, 6.07) is 17.4. The Balaban J connectivity index is 1.52. The maximum Gasteiger partial charge on any atom is 0.241 e. The van der Waals surface area contributed by atoms with Gasteiger partial charge in [0.15, 0.2) is 0 Å². The van der Waals surface area contributed by atoms with E-state index in [-0.39, 0.29) is 22.9 Å². The summed E-state index contributed by atoms with van der Waals surface area (Å²) >= 11 is 0. The second-order valence-electron chi connectivity index (χ2n) is 6.78. The molecule has 0 radical (unpaired) electrons. The fraction of sp³-hybridized carbons (Fsp3) is 0.350. The van der Waals surface area contributed by atoms with Crippen LogP contribution in [0.3, 0.4) is 0 Å². The number of carbonyl (C=O) groups is 1. The van der Waals surface area contributed by atoms with Gasteiger partial charge in [-0.2, -0.15) is 0 Å². The second-order valence-corrected chi connectivity index (χ2v) is 8.49. The molecule has 3 rings (SSSR count). The molecule has 0 unspecified atom stereocenters. The van der Waals surface area contributed by atoms with Gasteiger partial charge in [-0.15, -0.1) is 0 Å². The van der Waals surface area contributed by atoms with E-state index in [1.54, 1.807) is 30.3 Å². The molecule has 0 spiro atoms. The van der Waals surface area contributed by atoms with Gasteiger partial charge in [0.25, 0.3) is 0 Å². The highest BCUT2D eigenvalue weighted by molar-refractivity contribution is 7.89. The van der Waals surface area contributed by atoms with E-state index >= 15 is 0 Å². The number of nitrogens with zero attached hydrogens (tertiary/aromatic N) is 1. The molecule has 0 aliphatic carbocycles. The molecular weight excluding hydrogens is 362 g/mol. The fourth-order valence-electron chi connectivity index (χ4n) is 3.23. The van der Waals surface area contributed by atoms with Gasteiger partial charge in [0, 0.05) is 24.8 Å². The predicted molar refractivity (Wildman–Crippen MR) is 106 cm³/mol. The maximum atomic E-state index is 12.4. The van der Waals surface area contributed by atoms with Crippen LogP contribution in [0, 0.1) is 0 Å². The van der Waals surface area contributed by atoms with Crippen LogP contribution >= 0.6 is 0 Å². The van der Waals surface area contributed by atoms with Crippen molar-refractivity contribution in [2.45, 2.75) is 36.7 Å². The Bertz CT molecular complexity index is 849. The van der Waals surface area contributed by atoms with E-state index in [9.17, 15) is 13.2 Å². The molecule has 2 aromatic carbocycles. The number of nitrogens with one attached hydrogen (secondary N) is 2. The summed E-state index contributed by atoms with van der Waals surface area (Å²) < 4.78 is 27.7. The molecule has 144 valence electrons. The molecule has 27 heavy (non-hydrogen) atoms. The number of carbonyl (C=O) groups excluding carboxylic acids is 1. The van der Waals surface area contributed by atoms with Crippen molar-refractivity contribution < 1.29 is 13.2 Å². The van der Waals surface area contributed by atoms with Gasteiger partial charge in [0.05, 0.1) is 10.9 Å². The minimum absolute atomic E-state index is 0.0514. The first-order valence-electron chi connectivity index (χ1n) is 9.13. The number of hydrogen-bond acceptors (Lipinski definition) is 4. The molecule has 0 aromatic heterocycles. The molecule has 2 aromatic rings. The minimum Gasteiger partial charge on any atom is -0.325 e. The lowest BCUT2D eigenvalue weighted by Crippen LogP contribution is -2.50. The van der Waals surface area contributed by atoms with Gasteiger partial charge >= 0.3 is 0 Å². The molecule has 1 atom stereocenters. The highest BCUT2D eigenvalue weighted by Crippen LogP contribution is 2.17. The lowest BCUT2D eigenvalue weighted by molar-refractivity contribution is -0.121. The fourth-order valence-corrected chi connectivity index (χ4v) is 4.55. The SMILES string of the molecule is C[C@@H](C(=O)Nc1ccccc1)N1CCC(NS(=O)(=O)c2ccccc2)CC1. The van der Waals surface area contributed by atoms with Gasteiger partial charge in [-0.1, -0.05) is 36.4 Å². The van der Waals surface area contributed by atoms with E-state index in [1.807, 2.05) is 37.3 Å². The third-order valence-electron chi connectivity index (χ3n) is 4.87. The monoisotopic (exact) mass is 387 g/mol. The largest absolute Gasteiger partial charge is 0.325 e. The van der Waals surface area contributed by atoms with Crippen LogP contribution in [-0.4, -0.2) is 44.4 Å². The van der Waals surface area contributed by atoms with E-state index < -0.39 is 10.0 Å². The van der Waals surface area contributed by atoms with E-state index in [4.69, 9.17) is 0 Å². The van der Waals surface area contributed by atoms with Gasteiger partial charge in [-0.25, -0.2) is 13.1 Å². The molecule has 1 saturated heterocycles. The first kappa shape index (κ1) is 19.5. The van der Waals surface area contributed by atoms with Crippen LogP contribution in [0.4, 0.5) is 5.69 Å². The third-order valence-corrected chi connectivity index (χ3v) is 6.41. The van der Waals surface area contributed by atoms with E-state index in [2.05, 4.69) is 14.9 Å². The molecule has 0 saturated carbocycles. The average molecular weight is 388 g/mol. The van der Waals surface area contributed by atoms with E-state index in [0.717, 1.165) is 5.69 Å². The third kappa shape index (κ3) is 5.15. The van der Waals surface area contributed by atoms with Gasteiger partial charge in [0.1, 0.15) is 0 Å². The summed E-state index contributed by atoms with van der Waals surface area (Å²) in [5, 5.41) is 2.92. The second kappa shape index (κ2) is 8.65. The summed E-state index contributed by atoms with van der Waals surface area (Å²) in [7, 11) is -3.50. The smallest absolute Gasteiger partial charge is 0.241 e. The molecule has 0 bridgehead atoms. The van der Waals surface area contributed by atoms with Crippen molar-refractivity contribution in [3.8, 4) is 0 Å². The van der Waals surface area contributed by atoms with Crippen molar-refractivity contribution in [1.82, 2.24) is 9.62 Å². The van der Waals surface area contributed by atoms with Crippen molar-refractivity contribution in [3.05, 3.63) is 60.7 Å². The van der Waals surface area contributed by atoms with Crippen LogP contribution in [0.15, 0.2) is 65.6 Å². The molecule has 2 N–H and O–H groups in total. The zero-order chi connectivity index (χ0) is 19.3. The highest BCUT2D eigenvalue weighted by Gasteiger charge is 2.29. The number of amides is 1. The first-order valence-corrected chi connectivity index (χ1v) is 10.6. The minimum atomic E-state index is -3.50. The molecule has 7 heteroatoms. The normalized spacial score (nSPS) is 17.4. The zero-order valence-corrected chi connectivity index (χ0v) is 16.2. The van der Waals surface area contributed by atoms with Gasteiger partial charge in [-0.05, 0) is 44.0 Å². The summed E-state index contributed by atoms with van der Waals surface area (Å²) in [6.07, 6.45) is 1.35. The predicted octanol–water partition coefficient (Wildman–Crippen LogP) is 2.46. The number of rotatable bonds is 6. The van der Waals surface area contributed by atoms with E-state index in [0.29, 0.717) is 25.9 Å². The molecule has 1 aliphatic heterocycles. The van der Waals surface area contributed by atoms with Crippen LogP contribution in [0.2, 0.25) is 0 Å².